The van der Waals surface area contributed by atoms with Gasteiger partial charge in [0.05, 0.1) is 19.4 Å². The number of carbonyl (C=O) groups is 1. The molecule has 0 saturated carbocycles. The van der Waals surface area contributed by atoms with Crippen molar-refractivity contribution in [3.05, 3.63) is 18.7 Å². The maximum absolute atomic E-state index is 12.2. The maximum Gasteiger partial charge on any atom is 0.242 e. The predicted octanol–water partition coefficient (Wildman–Crippen LogP) is 1.27. The van der Waals surface area contributed by atoms with Crippen LogP contribution in [0.15, 0.2) is 23.7 Å². The number of carbonyl (C=O) groups excluding carboxylic acids is 1. The Kier molecular flexibility index (Phi) is 11.4. The van der Waals surface area contributed by atoms with Gasteiger partial charge in [-0.1, -0.05) is 0 Å². The molecule has 0 spiro atoms. The number of aliphatic imine (C=N–C) groups is 1. The van der Waals surface area contributed by atoms with E-state index in [0.717, 1.165) is 32.1 Å². The topological polar surface area (TPSA) is 65.8 Å². The molecule has 0 radical (unpaired) electrons. The summed E-state index contributed by atoms with van der Waals surface area (Å²) in [7, 11) is 1.89. The third kappa shape index (κ3) is 7.67. The van der Waals surface area contributed by atoms with E-state index in [4.69, 9.17) is 0 Å². The molecule has 132 valence electrons. The Morgan fingerprint density at radius 1 is 1.30 bits per heavy atom. The van der Waals surface area contributed by atoms with Gasteiger partial charge < -0.3 is 19.7 Å². The predicted molar refractivity (Wildman–Crippen MR) is 104 cm³/mol. The highest BCUT2D eigenvalue weighted by atomic mass is 127. The van der Waals surface area contributed by atoms with Crippen LogP contribution in [0.5, 0.6) is 0 Å². The fraction of sp³-hybridized carbons (Fsp3) is 0.667. The van der Waals surface area contributed by atoms with Crippen LogP contribution in [0.25, 0.3) is 0 Å². The van der Waals surface area contributed by atoms with Crippen molar-refractivity contribution < 1.29 is 4.79 Å². The molecule has 0 aliphatic carbocycles. The van der Waals surface area contributed by atoms with E-state index in [1.54, 1.807) is 12.5 Å². The summed E-state index contributed by atoms with van der Waals surface area (Å²) in [5, 5.41) is 3.22. The molecule has 0 saturated heterocycles. The van der Waals surface area contributed by atoms with Crippen LogP contribution < -0.4 is 5.32 Å². The smallest absolute Gasteiger partial charge is 0.242 e. The van der Waals surface area contributed by atoms with Crippen molar-refractivity contribution in [3.63, 3.8) is 0 Å². The summed E-state index contributed by atoms with van der Waals surface area (Å²) in [6.45, 7) is 9.99. The number of rotatable bonds is 8. The Bertz CT molecular complexity index is 459. The zero-order valence-electron chi connectivity index (χ0n) is 14.5. The number of aromatic nitrogens is 2. The van der Waals surface area contributed by atoms with Crippen LogP contribution in [0.2, 0.25) is 0 Å². The number of guanidine groups is 1. The summed E-state index contributed by atoms with van der Waals surface area (Å²) in [4.78, 5) is 24.4. The molecule has 1 aromatic rings. The SMILES string of the molecule is CCNC(=NCCn1ccnc1)N(C)CC(=O)N(CC)CC.I. The van der Waals surface area contributed by atoms with Gasteiger partial charge in [0.15, 0.2) is 5.96 Å². The first-order valence-corrected chi connectivity index (χ1v) is 7.85. The molecule has 0 atom stereocenters. The minimum atomic E-state index is 0. The number of hydrogen-bond donors (Lipinski definition) is 1. The third-order valence-electron chi connectivity index (χ3n) is 3.36. The van der Waals surface area contributed by atoms with Gasteiger partial charge in [-0.25, -0.2) is 4.98 Å². The lowest BCUT2D eigenvalue weighted by Gasteiger charge is -2.25. The number of hydrogen-bond acceptors (Lipinski definition) is 3. The van der Waals surface area contributed by atoms with Crippen molar-refractivity contribution in [2.24, 2.45) is 4.99 Å². The molecule has 0 aromatic carbocycles. The van der Waals surface area contributed by atoms with E-state index in [9.17, 15) is 4.79 Å². The van der Waals surface area contributed by atoms with Gasteiger partial charge in [0.25, 0.3) is 0 Å². The molecular weight excluding hydrogens is 407 g/mol. The van der Waals surface area contributed by atoms with Gasteiger partial charge in [-0.05, 0) is 20.8 Å². The fourth-order valence-electron chi connectivity index (χ4n) is 2.11. The average molecular weight is 436 g/mol. The van der Waals surface area contributed by atoms with E-state index in [1.807, 2.05) is 48.4 Å². The first kappa shape index (κ1) is 21.7. The van der Waals surface area contributed by atoms with Crippen LogP contribution in [0, 0.1) is 0 Å². The molecular formula is C15H29IN6O. The van der Waals surface area contributed by atoms with Crippen molar-refractivity contribution in [1.82, 2.24) is 24.7 Å². The standard InChI is InChI=1S/C15H28N6O.HI/c1-5-17-15(18-9-11-20-10-8-16-13-20)19(4)12-14(22)21(6-2)7-3;/h8,10,13H,5-7,9,11-12H2,1-4H3,(H,17,18);1H. The highest BCUT2D eigenvalue weighted by molar-refractivity contribution is 14.0. The Morgan fingerprint density at radius 3 is 2.52 bits per heavy atom. The zero-order valence-corrected chi connectivity index (χ0v) is 16.9. The molecule has 1 aromatic heterocycles. The Balaban J connectivity index is 0.00000484. The lowest BCUT2D eigenvalue weighted by atomic mass is 10.4. The van der Waals surface area contributed by atoms with Crippen LogP contribution >= 0.6 is 24.0 Å². The second-order valence-corrected chi connectivity index (χ2v) is 4.96. The van der Waals surface area contributed by atoms with E-state index >= 15 is 0 Å². The summed E-state index contributed by atoms with van der Waals surface area (Å²) in [6, 6.07) is 0. The van der Waals surface area contributed by atoms with Crippen molar-refractivity contribution >= 4 is 35.8 Å². The molecule has 1 heterocycles. The third-order valence-corrected chi connectivity index (χ3v) is 3.36. The zero-order chi connectivity index (χ0) is 16.4. The summed E-state index contributed by atoms with van der Waals surface area (Å²) in [6.07, 6.45) is 5.44. The Morgan fingerprint density at radius 2 is 2.00 bits per heavy atom. The normalized spacial score (nSPS) is 10.9. The first-order chi connectivity index (χ1) is 10.6. The monoisotopic (exact) mass is 436 g/mol. The second kappa shape index (κ2) is 12.1. The van der Waals surface area contributed by atoms with Gasteiger partial charge in [0, 0.05) is 45.6 Å². The summed E-state index contributed by atoms with van der Waals surface area (Å²) in [5.41, 5.74) is 0. The number of nitrogens with zero attached hydrogens (tertiary/aromatic N) is 5. The van der Waals surface area contributed by atoms with E-state index in [-0.39, 0.29) is 29.9 Å². The van der Waals surface area contributed by atoms with Gasteiger partial charge in [-0.3, -0.25) is 9.79 Å². The van der Waals surface area contributed by atoms with Crippen LogP contribution in [-0.2, 0) is 11.3 Å². The van der Waals surface area contributed by atoms with Crippen LogP contribution in [0.4, 0.5) is 0 Å². The molecule has 1 amide bonds. The van der Waals surface area contributed by atoms with E-state index in [1.165, 1.54) is 0 Å². The molecule has 1 rings (SSSR count). The highest BCUT2D eigenvalue weighted by Gasteiger charge is 2.14. The molecule has 23 heavy (non-hydrogen) atoms. The summed E-state index contributed by atoms with van der Waals surface area (Å²) in [5.74, 6) is 0.871. The number of amides is 1. The molecule has 0 aliphatic heterocycles. The van der Waals surface area contributed by atoms with Crippen molar-refractivity contribution in [2.75, 3.05) is 39.8 Å². The number of imidazole rings is 1. The van der Waals surface area contributed by atoms with Crippen molar-refractivity contribution in [1.29, 1.82) is 0 Å². The molecule has 7 nitrogen and oxygen atoms in total. The van der Waals surface area contributed by atoms with E-state index in [0.29, 0.717) is 13.1 Å². The molecule has 8 heteroatoms. The van der Waals surface area contributed by atoms with E-state index < -0.39 is 0 Å². The minimum absolute atomic E-state index is 0. The fourth-order valence-corrected chi connectivity index (χ4v) is 2.11. The number of likely N-dealkylation sites (N-methyl/N-ethyl adjacent to an activating group) is 2. The van der Waals surface area contributed by atoms with Crippen molar-refractivity contribution in [3.8, 4) is 0 Å². The van der Waals surface area contributed by atoms with Crippen LogP contribution in [0.3, 0.4) is 0 Å². The Labute approximate surface area is 156 Å². The first-order valence-electron chi connectivity index (χ1n) is 7.85. The highest BCUT2D eigenvalue weighted by Crippen LogP contribution is 1.94. The van der Waals surface area contributed by atoms with Gasteiger partial charge >= 0.3 is 0 Å². The molecule has 0 aliphatic rings. The summed E-state index contributed by atoms with van der Waals surface area (Å²) >= 11 is 0. The Hall–Kier alpha value is -1.32. The average Bonchev–Trinajstić information content (AvgIpc) is 3.00. The molecule has 0 fully saturated rings. The van der Waals surface area contributed by atoms with Crippen LogP contribution in [-0.4, -0.2) is 71.0 Å². The summed E-state index contributed by atoms with van der Waals surface area (Å²) < 4.78 is 1.98. The quantitative estimate of drug-likeness (QED) is 0.379. The van der Waals surface area contributed by atoms with E-state index in [2.05, 4.69) is 15.3 Å². The molecule has 0 bridgehead atoms. The minimum Gasteiger partial charge on any atom is -0.357 e. The van der Waals surface area contributed by atoms with Gasteiger partial charge in [0.2, 0.25) is 5.91 Å². The van der Waals surface area contributed by atoms with Crippen molar-refractivity contribution in [2.45, 2.75) is 27.3 Å². The maximum atomic E-state index is 12.2. The van der Waals surface area contributed by atoms with Gasteiger partial charge in [-0.15, -0.1) is 24.0 Å². The largest absolute Gasteiger partial charge is 0.357 e. The van der Waals surface area contributed by atoms with Crippen LogP contribution in [0.1, 0.15) is 20.8 Å². The van der Waals surface area contributed by atoms with Gasteiger partial charge in [-0.2, -0.15) is 0 Å². The number of halogens is 1. The molecule has 1 N–H and O–H groups in total. The lowest BCUT2D eigenvalue weighted by molar-refractivity contribution is -0.131. The number of nitrogens with one attached hydrogen (secondary N) is 1. The second-order valence-electron chi connectivity index (χ2n) is 4.96. The molecule has 0 unspecified atom stereocenters. The van der Waals surface area contributed by atoms with Gasteiger partial charge in [0.1, 0.15) is 0 Å². The lowest BCUT2D eigenvalue weighted by Crippen LogP contribution is -2.45.